The van der Waals surface area contributed by atoms with Crippen LogP contribution in [0.5, 0.6) is 0 Å². The largest absolute Gasteiger partial charge is 0.395 e. The van der Waals surface area contributed by atoms with E-state index in [2.05, 4.69) is 20.6 Å². The zero-order valence-electron chi connectivity index (χ0n) is 9.32. The van der Waals surface area contributed by atoms with Crippen molar-refractivity contribution in [3.8, 4) is 0 Å². The van der Waals surface area contributed by atoms with Gasteiger partial charge in [0.15, 0.2) is 5.82 Å². The molecule has 2 heterocycles. The number of morpholine rings is 1. The van der Waals surface area contributed by atoms with Crippen molar-refractivity contribution in [1.29, 1.82) is 0 Å². The molecule has 1 saturated heterocycles. The summed E-state index contributed by atoms with van der Waals surface area (Å²) >= 11 is 5.92. The maximum Gasteiger partial charge on any atom is 0.162 e. The van der Waals surface area contributed by atoms with Crippen molar-refractivity contribution in [2.45, 2.75) is 6.10 Å². The average Bonchev–Trinajstić information content (AvgIpc) is 2.37. The number of nitrogens with one attached hydrogen (secondary N) is 2. The lowest BCUT2D eigenvalue weighted by Gasteiger charge is -2.22. The first-order chi connectivity index (χ1) is 8.29. The minimum Gasteiger partial charge on any atom is -0.395 e. The number of hydrogen-bond donors (Lipinski definition) is 3. The van der Waals surface area contributed by atoms with Crippen LogP contribution in [0.1, 0.15) is 11.9 Å². The summed E-state index contributed by atoms with van der Waals surface area (Å²) in [5.74, 6) is 1.16. The van der Waals surface area contributed by atoms with Crippen LogP contribution in [-0.2, 0) is 4.74 Å². The van der Waals surface area contributed by atoms with Crippen LogP contribution in [0.4, 0.5) is 5.82 Å². The van der Waals surface area contributed by atoms with Crippen LogP contribution in [0.2, 0.25) is 5.15 Å². The quantitative estimate of drug-likeness (QED) is 0.670. The van der Waals surface area contributed by atoms with E-state index < -0.39 is 0 Å². The fraction of sp³-hybridized carbons (Fsp3) is 0.600. The third-order valence-corrected chi connectivity index (χ3v) is 2.54. The Morgan fingerprint density at radius 3 is 3.18 bits per heavy atom. The molecule has 0 radical (unpaired) electrons. The Morgan fingerprint density at radius 2 is 2.47 bits per heavy atom. The smallest absolute Gasteiger partial charge is 0.162 e. The molecule has 6 nitrogen and oxygen atoms in total. The Morgan fingerprint density at radius 1 is 1.59 bits per heavy atom. The van der Waals surface area contributed by atoms with Crippen LogP contribution in [0.25, 0.3) is 0 Å². The van der Waals surface area contributed by atoms with E-state index in [0.717, 1.165) is 6.54 Å². The van der Waals surface area contributed by atoms with Gasteiger partial charge in [-0.05, 0) is 0 Å². The van der Waals surface area contributed by atoms with E-state index in [1.165, 1.54) is 0 Å². The maximum absolute atomic E-state index is 8.74. The van der Waals surface area contributed by atoms with Gasteiger partial charge in [-0.25, -0.2) is 9.97 Å². The number of hydrogen-bond acceptors (Lipinski definition) is 6. The third-order valence-electron chi connectivity index (χ3n) is 2.35. The van der Waals surface area contributed by atoms with E-state index in [0.29, 0.717) is 36.5 Å². The molecule has 7 heteroatoms. The molecule has 0 saturated carbocycles. The number of ether oxygens (including phenoxy) is 1. The number of nitrogens with zero attached hydrogens (tertiary/aromatic N) is 2. The van der Waals surface area contributed by atoms with Gasteiger partial charge < -0.3 is 20.5 Å². The van der Waals surface area contributed by atoms with Crippen molar-refractivity contribution in [2.75, 3.05) is 38.2 Å². The first kappa shape index (κ1) is 12.5. The monoisotopic (exact) mass is 258 g/mol. The molecule has 2 rings (SSSR count). The van der Waals surface area contributed by atoms with Gasteiger partial charge in [0.25, 0.3) is 0 Å². The molecular weight excluding hydrogens is 244 g/mol. The van der Waals surface area contributed by atoms with E-state index >= 15 is 0 Å². The van der Waals surface area contributed by atoms with Gasteiger partial charge in [-0.3, -0.25) is 0 Å². The summed E-state index contributed by atoms with van der Waals surface area (Å²) in [5.41, 5.74) is 0. The first-order valence-corrected chi connectivity index (χ1v) is 5.89. The van der Waals surface area contributed by atoms with Crippen molar-refractivity contribution < 1.29 is 9.84 Å². The summed E-state index contributed by atoms with van der Waals surface area (Å²) in [4.78, 5) is 8.46. The van der Waals surface area contributed by atoms with Gasteiger partial charge in [-0.2, -0.15) is 0 Å². The molecule has 1 fully saturated rings. The number of anilines is 1. The van der Waals surface area contributed by atoms with E-state index in [1.54, 1.807) is 6.07 Å². The maximum atomic E-state index is 8.74. The van der Waals surface area contributed by atoms with Crippen molar-refractivity contribution >= 4 is 17.4 Å². The van der Waals surface area contributed by atoms with Crippen LogP contribution in [0, 0.1) is 0 Å². The topological polar surface area (TPSA) is 79.3 Å². The van der Waals surface area contributed by atoms with Gasteiger partial charge in [0.05, 0.1) is 13.2 Å². The highest BCUT2D eigenvalue weighted by atomic mass is 35.5. The number of halogens is 1. The van der Waals surface area contributed by atoms with Gasteiger partial charge in [0, 0.05) is 25.7 Å². The Kier molecular flexibility index (Phi) is 4.49. The standard InChI is InChI=1S/C10H15ClN4O2/c11-8-5-9(13-1-3-16)15-10(14-8)7-6-12-2-4-17-7/h5,7,12,16H,1-4,6H2,(H,13,14,15). The Bertz CT molecular complexity index is 371. The average molecular weight is 259 g/mol. The molecule has 1 unspecified atom stereocenters. The van der Waals surface area contributed by atoms with Crippen molar-refractivity contribution in [3.63, 3.8) is 0 Å². The summed E-state index contributed by atoms with van der Waals surface area (Å²) < 4.78 is 5.56. The van der Waals surface area contributed by atoms with Crippen molar-refractivity contribution in [3.05, 3.63) is 17.0 Å². The lowest BCUT2D eigenvalue weighted by atomic mass is 10.3. The van der Waals surface area contributed by atoms with E-state index in [-0.39, 0.29) is 12.7 Å². The molecule has 0 spiro atoms. The first-order valence-electron chi connectivity index (χ1n) is 5.51. The lowest BCUT2D eigenvalue weighted by molar-refractivity contribution is 0.0222. The molecule has 0 aromatic carbocycles. The van der Waals surface area contributed by atoms with Crippen LogP contribution in [-0.4, -0.2) is 47.9 Å². The van der Waals surface area contributed by atoms with Gasteiger partial charge in [0.2, 0.25) is 0 Å². The molecule has 0 amide bonds. The van der Waals surface area contributed by atoms with Gasteiger partial charge in [-0.1, -0.05) is 11.6 Å². The zero-order valence-corrected chi connectivity index (χ0v) is 10.1. The molecule has 17 heavy (non-hydrogen) atoms. The highest BCUT2D eigenvalue weighted by Gasteiger charge is 2.19. The molecule has 0 bridgehead atoms. The minimum absolute atomic E-state index is 0.0401. The Hall–Kier alpha value is -0.950. The second-order valence-corrected chi connectivity index (χ2v) is 4.04. The zero-order chi connectivity index (χ0) is 12.1. The van der Waals surface area contributed by atoms with Crippen LogP contribution in [0.3, 0.4) is 0 Å². The Labute approximate surface area is 104 Å². The minimum atomic E-state index is -0.169. The molecule has 3 N–H and O–H groups in total. The molecule has 0 aliphatic carbocycles. The van der Waals surface area contributed by atoms with Gasteiger partial charge >= 0.3 is 0 Å². The summed E-state index contributed by atoms with van der Waals surface area (Å²) in [6.07, 6.45) is -0.169. The summed E-state index contributed by atoms with van der Waals surface area (Å²) in [5, 5.41) is 15.3. The Balaban J connectivity index is 2.12. The van der Waals surface area contributed by atoms with E-state index in [4.69, 9.17) is 21.4 Å². The molecule has 1 aromatic heterocycles. The molecule has 1 aliphatic heterocycles. The molecule has 1 aliphatic rings. The highest BCUT2D eigenvalue weighted by molar-refractivity contribution is 6.29. The lowest BCUT2D eigenvalue weighted by Crippen LogP contribution is -2.34. The van der Waals surface area contributed by atoms with Gasteiger partial charge in [0.1, 0.15) is 17.1 Å². The SMILES string of the molecule is OCCNc1cc(Cl)nc(C2CNCCO2)n1. The third kappa shape index (κ3) is 3.50. The van der Waals surface area contributed by atoms with Crippen LogP contribution < -0.4 is 10.6 Å². The summed E-state index contributed by atoms with van der Waals surface area (Å²) in [6, 6.07) is 1.62. The predicted molar refractivity (Wildman–Crippen MR) is 64.2 cm³/mol. The highest BCUT2D eigenvalue weighted by Crippen LogP contribution is 2.19. The number of aliphatic hydroxyl groups excluding tert-OH is 1. The van der Waals surface area contributed by atoms with Crippen molar-refractivity contribution in [1.82, 2.24) is 15.3 Å². The summed E-state index contributed by atoms with van der Waals surface area (Å²) in [6.45, 7) is 2.63. The van der Waals surface area contributed by atoms with Gasteiger partial charge in [-0.15, -0.1) is 0 Å². The van der Waals surface area contributed by atoms with Crippen molar-refractivity contribution in [2.24, 2.45) is 0 Å². The van der Waals surface area contributed by atoms with Crippen LogP contribution >= 0.6 is 11.6 Å². The number of aliphatic hydroxyl groups is 1. The van der Waals surface area contributed by atoms with E-state index in [9.17, 15) is 0 Å². The second-order valence-electron chi connectivity index (χ2n) is 3.65. The fourth-order valence-corrected chi connectivity index (χ4v) is 1.77. The molecular formula is C10H15ClN4O2. The van der Waals surface area contributed by atoms with Crippen LogP contribution in [0.15, 0.2) is 6.07 Å². The van der Waals surface area contributed by atoms with E-state index in [1.807, 2.05) is 0 Å². The normalized spacial score (nSPS) is 20.2. The predicted octanol–water partition coefficient (Wildman–Crippen LogP) is 0.195. The molecule has 1 atom stereocenters. The fourth-order valence-electron chi connectivity index (χ4n) is 1.58. The summed E-state index contributed by atoms with van der Waals surface area (Å²) in [7, 11) is 0. The molecule has 1 aromatic rings. The number of rotatable bonds is 4. The number of aromatic nitrogens is 2. The molecule has 94 valence electrons. The second kappa shape index (κ2) is 6.11.